The van der Waals surface area contributed by atoms with Crippen LogP contribution >= 0.6 is 22.6 Å². The van der Waals surface area contributed by atoms with Gasteiger partial charge in [0.15, 0.2) is 0 Å². The number of halogens is 1. The van der Waals surface area contributed by atoms with Crippen molar-refractivity contribution < 1.29 is 9.90 Å². The number of aromatic nitrogens is 4. The van der Waals surface area contributed by atoms with Gasteiger partial charge < -0.3 is 10.8 Å². The molecule has 1 aromatic carbocycles. The zero-order valence-corrected chi connectivity index (χ0v) is 17.5. The summed E-state index contributed by atoms with van der Waals surface area (Å²) in [4.78, 5) is 11.7. The smallest absolute Gasteiger partial charge is 0.267 e. The maximum absolute atomic E-state index is 11.7. The van der Waals surface area contributed by atoms with Crippen molar-refractivity contribution in [1.29, 1.82) is 5.26 Å². The van der Waals surface area contributed by atoms with Gasteiger partial charge in [0.2, 0.25) is 0 Å². The molecule has 0 radical (unpaired) electrons. The van der Waals surface area contributed by atoms with E-state index in [1.165, 1.54) is 10.7 Å². The van der Waals surface area contributed by atoms with Crippen LogP contribution in [0.4, 0.5) is 0 Å². The summed E-state index contributed by atoms with van der Waals surface area (Å²) in [6.45, 7) is 3.95. The standard InChI is InChI=1S/C19H19IN6O2/c1-11(26-18(19(22)28)8-17(24-26)12(2)27)10-25-6-5-16(23-25)13-3-4-14(9-21)15(20)7-13/h3-8,11-12,27H,10H2,1-2H3,(H2,22,28)/t11-,12?/m0/s1. The number of nitriles is 1. The highest BCUT2D eigenvalue weighted by Crippen LogP contribution is 2.23. The van der Waals surface area contributed by atoms with E-state index in [1.807, 2.05) is 31.3 Å². The number of amides is 1. The van der Waals surface area contributed by atoms with Crippen LogP contribution in [-0.4, -0.2) is 30.6 Å². The number of benzene rings is 1. The molecule has 28 heavy (non-hydrogen) atoms. The molecule has 0 bridgehead atoms. The SMILES string of the molecule is CC(O)c1cc(C(N)=O)n([C@@H](C)Cn2ccc(-c3ccc(C#N)c(I)c3)n2)n1. The van der Waals surface area contributed by atoms with Gasteiger partial charge in [0, 0.05) is 15.3 Å². The zero-order chi connectivity index (χ0) is 20.4. The van der Waals surface area contributed by atoms with Crippen LogP contribution in [0, 0.1) is 14.9 Å². The third-order valence-electron chi connectivity index (χ3n) is 4.33. The molecule has 8 nitrogen and oxygen atoms in total. The Hall–Kier alpha value is -2.71. The number of nitrogens with two attached hydrogens (primary N) is 1. The molecule has 9 heteroatoms. The Labute approximate surface area is 175 Å². The Morgan fingerprint density at radius 1 is 1.32 bits per heavy atom. The minimum atomic E-state index is -0.790. The first kappa shape index (κ1) is 20.0. The highest BCUT2D eigenvalue weighted by Gasteiger charge is 2.20. The third-order valence-corrected chi connectivity index (χ3v) is 5.22. The number of carbonyl (C=O) groups excluding carboxylic acids is 1. The van der Waals surface area contributed by atoms with Crippen molar-refractivity contribution in [2.24, 2.45) is 5.73 Å². The lowest BCUT2D eigenvalue weighted by Crippen LogP contribution is -2.22. The van der Waals surface area contributed by atoms with E-state index in [2.05, 4.69) is 38.9 Å². The van der Waals surface area contributed by atoms with E-state index in [4.69, 9.17) is 11.0 Å². The lowest BCUT2D eigenvalue weighted by Gasteiger charge is -2.14. The molecule has 2 aromatic heterocycles. The van der Waals surface area contributed by atoms with Crippen LogP contribution in [0.3, 0.4) is 0 Å². The predicted octanol–water partition coefficient (Wildman–Crippen LogP) is 2.64. The van der Waals surface area contributed by atoms with Crippen molar-refractivity contribution in [2.75, 3.05) is 0 Å². The van der Waals surface area contributed by atoms with Gasteiger partial charge in [-0.3, -0.25) is 14.2 Å². The lowest BCUT2D eigenvalue weighted by molar-refractivity contribution is 0.0987. The fourth-order valence-electron chi connectivity index (χ4n) is 2.87. The first-order valence-electron chi connectivity index (χ1n) is 8.61. The lowest BCUT2D eigenvalue weighted by atomic mass is 10.1. The summed E-state index contributed by atoms with van der Waals surface area (Å²) in [5.74, 6) is -0.598. The number of hydrogen-bond acceptors (Lipinski definition) is 5. The van der Waals surface area contributed by atoms with Crippen LogP contribution in [0.2, 0.25) is 0 Å². The quantitative estimate of drug-likeness (QED) is 0.515. The summed E-state index contributed by atoms with van der Waals surface area (Å²) in [6.07, 6.45) is 1.06. The van der Waals surface area contributed by atoms with E-state index in [1.54, 1.807) is 17.7 Å². The van der Waals surface area contributed by atoms with Gasteiger partial charge >= 0.3 is 0 Å². The third kappa shape index (κ3) is 4.07. The molecule has 0 aliphatic rings. The topological polar surface area (TPSA) is 123 Å². The summed E-state index contributed by atoms with van der Waals surface area (Å²) < 4.78 is 4.16. The van der Waals surface area contributed by atoms with Crippen LogP contribution in [0.1, 0.15) is 47.7 Å². The van der Waals surface area contributed by atoms with Crippen LogP contribution in [-0.2, 0) is 6.54 Å². The van der Waals surface area contributed by atoms with Crippen molar-refractivity contribution in [2.45, 2.75) is 32.5 Å². The van der Waals surface area contributed by atoms with Crippen molar-refractivity contribution in [3.05, 3.63) is 57.1 Å². The number of rotatable bonds is 6. The molecule has 2 atom stereocenters. The number of hydrogen-bond donors (Lipinski definition) is 2. The molecule has 0 saturated heterocycles. The second-order valence-corrected chi connectivity index (χ2v) is 7.68. The highest BCUT2D eigenvalue weighted by atomic mass is 127. The first-order valence-corrected chi connectivity index (χ1v) is 9.68. The molecule has 3 N–H and O–H groups in total. The molecule has 2 heterocycles. The fraction of sp³-hybridized carbons (Fsp3) is 0.263. The normalized spacial score (nSPS) is 13.1. The maximum atomic E-state index is 11.7. The summed E-state index contributed by atoms with van der Waals surface area (Å²) in [5.41, 5.74) is 8.43. The summed E-state index contributed by atoms with van der Waals surface area (Å²) in [6, 6.07) is 10.9. The molecule has 3 rings (SSSR count). The molecular weight excluding hydrogens is 471 g/mol. The summed E-state index contributed by atoms with van der Waals surface area (Å²) in [5, 5.41) is 27.7. The van der Waals surface area contributed by atoms with E-state index < -0.39 is 12.0 Å². The van der Waals surface area contributed by atoms with E-state index in [0.29, 0.717) is 17.8 Å². The molecule has 0 spiro atoms. The monoisotopic (exact) mass is 490 g/mol. The van der Waals surface area contributed by atoms with E-state index in [0.717, 1.165) is 14.8 Å². The molecule has 0 fully saturated rings. The summed E-state index contributed by atoms with van der Waals surface area (Å²) >= 11 is 2.13. The minimum Gasteiger partial charge on any atom is -0.387 e. The minimum absolute atomic E-state index is 0.205. The number of nitrogens with zero attached hydrogens (tertiary/aromatic N) is 5. The number of primary amides is 1. The molecule has 144 valence electrons. The van der Waals surface area contributed by atoms with Crippen LogP contribution in [0.25, 0.3) is 11.3 Å². The number of aliphatic hydroxyl groups excluding tert-OH is 1. The van der Waals surface area contributed by atoms with Gasteiger partial charge in [-0.1, -0.05) is 6.07 Å². The molecule has 1 amide bonds. The average Bonchev–Trinajstić information content (AvgIpc) is 3.29. The van der Waals surface area contributed by atoms with Crippen molar-refractivity contribution in [1.82, 2.24) is 19.6 Å². The second kappa shape index (κ2) is 8.12. The van der Waals surface area contributed by atoms with E-state index in [9.17, 15) is 9.90 Å². The Balaban J connectivity index is 1.83. The van der Waals surface area contributed by atoms with Crippen molar-refractivity contribution >= 4 is 28.5 Å². The number of carbonyl (C=O) groups is 1. The van der Waals surface area contributed by atoms with Crippen molar-refractivity contribution in [3.63, 3.8) is 0 Å². The Morgan fingerprint density at radius 2 is 2.07 bits per heavy atom. The van der Waals surface area contributed by atoms with Gasteiger partial charge in [0.1, 0.15) is 11.8 Å². The largest absolute Gasteiger partial charge is 0.387 e. The van der Waals surface area contributed by atoms with E-state index >= 15 is 0 Å². The van der Waals surface area contributed by atoms with Crippen LogP contribution in [0.15, 0.2) is 36.5 Å². The molecular formula is C19H19IN6O2. The molecule has 1 unspecified atom stereocenters. The summed E-state index contributed by atoms with van der Waals surface area (Å²) in [7, 11) is 0. The van der Waals surface area contributed by atoms with Crippen molar-refractivity contribution in [3.8, 4) is 17.3 Å². The average molecular weight is 490 g/mol. The fourth-order valence-corrected chi connectivity index (χ4v) is 3.50. The molecule has 0 aliphatic heterocycles. The van der Waals surface area contributed by atoms with Gasteiger partial charge in [0.25, 0.3) is 5.91 Å². The van der Waals surface area contributed by atoms with Crippen LogP contribution < -0.4 is 5.73 Å². The molecule has 3 aromatic rings. The maximum Gasteiger partial charge on any atom is 0.267 e. The van der Waals surface area contributed by atoms with Gasteiger partial charge in [0.05, 0.1) is 35.6 Å². The first-order chi connectivity index (χ1) is 13.3. The Kier molecular flexibility index (Phi) is 5.81. The Morgan fingerprint density at radius 3 is 2.68 bits per heavy atom. The van der Waals surface area contributed by atoms with Gasteiger partial charge in [-0.2, -0.15) is 15.5 Å². The molecule has 0 aliphatic carbocycles. The van der Waals surface area contributed by atoms with E-state index in [-0.39, 0.29) is 11.7 Å². The predicted molar refractivity (Wildman–Crippen MR) is 111 cm³/mol. The second-order valence-electron chi connectivity index (χ2n) is 6.52. The molecule has 0 saturated carbocycles. The number of aliphatic hydroxyl groups is 1. The van der Waals surface area contributed by atoms with Gasteiger partial charge in [-0.15, -0.1) is 0 Å². The zero-order valence-electron chi connectivity index (χ0n) is 15.4. The van der Waals surface area contributed by atoms with Crippen LogP contribution in [0.5, 0.6) is 0 Å². The van der Waals surface area contributed by atoms with Gasteiger partial charge in [-0.25, -0.2) is 0 Å². The van der Waals surface area contributed by atoms with Gasteiger partial charge in [-0.05, 0) is 60.7 Å². The highest BCUT2D eigenvalue weighted by molar-refractivity contribution is 14.1. The Bertz CT molecular complexity index is 1060.